The zero-order valence-corrected chi connectivity index (χ0v) is 9.38. The Kier molecular flexibility index (Phi) is 4.95. The molecule has 0 fully saturated rings. The Balaban J connectivity index is 4.08. The molecule has 0 rings (SSSR count). The smallest absolute Gasteiger partial charge is 0.272 e. The summed E-state index contributed by atoms with van der Waals surface area (Å²) in [7, 11) is -7.47. The zero-order valence-electron chi connectivity index (χ0n) is 7.67. The lowest BCUT2D eigenvalue weighted by molar-refractivity contribution is 0.112. The molecule has 0 aromatic carbocycles. The highest BCUT2D eigenvalue weighted by Crippen LogP contribution is 2.16. The van der Waals surface area contributed by atoms with Gasteiger partial charge in [0.2, 0.25) is 0 Å². The van der Waals surface area contributed by atoms with Gasteiger partial charge in [-0.1, -0.05) is 13.8 Å². The summed E-state index contributed by atoms with van der Waals surface area (Å²) in [6, 6.07) is 0. The summed E-state index contributed by atoms with van der Waals surface area (Å²) >= 11 is 0. The highest BCUT2D eigenvalue weighted by atomic mass is 32.3. The topological polar surface area (TPSA) is 107 Å². The summed E-state index contributed by atoms with van der Waals surface area (Å²) in [6.45, 7) is 2.46. The van der Waals surface area contributed by atoms with Gasteiger partial charge in [-0.05, 0) is 0 Å². The molecule has 0 saturated carbocycles. The van der Waals surface area contributed by atoms with E-state index in [1.54, 1.807) is 0 Å². The van der Waals surface area contributed by atoms with E-state index in [-0.39, 0.29) is 13.2 Å². The van der Waals surface area contributed by atoms with Crippen LogP contribution in [0.5, 0.6) is 0 Å². The van der Waals surface area contributed by atoms with Gasteiger partial charge in [-0.3, -0.25) is 8.74 Å². The number of hydrogen-bond donors (Lipinski definition) is 2. The van der Waals surface area contributed by atoms with Gasteiger partial charge in [0.05, 0.1) is 13.2 Å². The first kappa shape index (κ1) is 13.8. The quantitative estimate of drug-likeness (QED) is 0.476. The van der Waals surface area contributed by atoms with Crippen molar-refractivity contribution in [3.63, 3.8) is 0 Å². The molecule has 1 N–H and O–H groups in total. The fourth-order valence-corrected chi connectivity index (χ4v) is 1.43. The molecule has 0 aliphatic carbocycles. The predicted octanol–water partition coefficient (Wildman–Crippen LogP) is -0.625. The molecule has 7 nitrogen and oxygen atoms in total. The van der Waals surface area contributed by atoms with Crippen LogP contribution in [0.2, 0.25) is 0 Å². The lowest BCUT2D eigenvalue weighted by Crippen LogP contribution is -2.26. The third-order valence-corrected chi connectivity index (χ3v) is 1.91. The van der Waals surface area contributed by atoms with Crippen LogP contribution in [-0.2, 0) is 29.8 Å². The second-order valence-electron chi connectivity index (χ2n) is 3.35. The van der Waals surface area contributed by atoms with Crippen molar-refractivity contribution in [3.8, 4) is 0 Å². The molecule has 0 amide bonds. The van der Waals surface area contributed by atoms with Crippen LogP contribution in [0.25, 0.3) is 0 Å². The maximum absolute atomic E-state index is 10.2. The maximum Gasteiger partial charge on any atom is 0.397 e. The molecule has 9 heteroatoms. The van der Waals surface area contributed by atoms with E-state index in [2.05, 4.69) is 8.37 Å². The molecule has 0 saturated heterocycles. The van der Waals surface area contributed by atoms with Crippen LogP contribution in [0.15, 0.2) is 0 Å². The molecular formula is C5H12O7S2. The molecule has 0 spiro atoms. The monoisotopic (exact) mass is 248 g/mol. The van der Waals surface area contributed by atoms with E-state index in [9.17, 15) is 16.8 Å². The molecular weight excluding hydrogens is 236 g/mol. The molecule has 14 heavy (non-hydrogen) atoms. The van der Waals surface area contributed by atoms with E-state index in [0.29, 0.717) is 0 Å². The van der Waals surface area contributed by atoms with E-state index < -0.39 is 26.8 Å². The average Bonchev–Trinajstić information content (AvgIpc) is 1.97. The maximum atomic E-state index is 10.2. The summed E-state index contributed by atoms with van der Waals surface area (Å²) in [5.74, 6) is 0. The molecule has 0 atom stereocenters. The van der Waals surface area contributed by atoms with Crippen LogP contribution in [0.4, 0.5) is 0 Å². The van der Waals surface area contributed by atoms with Crippen LogP contribution in [-0.4, -0.2) is 34.6 Å². The lowest BCUT2D eigenvalue weighted by Gasteiger charge is -2.20. The fourth-order valence-electron chi connectivity index (χ4n) is 0.503. The van der Waals surface area contributed by atoms with Gasteiger partial charge in [0.1, 0.15) is 0 Å². The van der Waals surface area contributed by atoms with Gasteiger partial charge >= 0.3 is 10.4 Å². The first-order valence-electron chi connectivity index (χ1n) is 3.51. The van der Waals surface area contributed by atoms with Crippen molar-refractivity contribution in [2.45, 2.75) is 13.8 Å². The highest BCUT2D eigenvalue weighted by Gasteiger charge is 2.22. The van der Waals surface area contributed by atoms with Gasteiger partial charge < -0.3 is 0 Å². The second kappa shape index (κ2) is 5.03. The first-order chi connectivity index (χ1) is 6.12. The van der Waals surface area contributed by atoms with Gasteiger partial charge in [-0.15, -0.1) is 0 Å². The van der Waals surface area contributed by atoms with E-state index in [0.717, 1.165) is 0 Å². The lowest BCUT2D eigenvalue weighted by atomic mass is 9.97. The summed E-state index contributed by atoms with van der Waals surface area (Å²) in [5.41, 5.74) is -0.828. The Labute approximate surface area is 84.1 Å². The van der Waals surface area contributed by atoms with Gasteiger partial charge in [-0.25, -0.2) is 12.6 Å². The van der Waals surface area contributed by atoms with E-state index in [1.807, 2.05) is 0 Å². The standard InChI is InChI=1S/C5H12O7S2/c1-5(2,3-11-13(6)7)4-12-14(8,9)10/h13H,3-4H2,1-2H3,(H,8,9,10). The minimum atomic E-state index is -4.50. The third kappa shape index (κ3) is 8.38. The fraction of sp³-hybridized carbons (Fsp3) is 1.00. The second-order valence-corrected chi connectivity index (χ2v) is 5.15. The summed E-state index contributed by atoms with van der Waals surface area (Å²) in [6.07, 6.45) is 0. The first-order valence-corrected chi connectivity index (χ1v) is 5.98. The highest BCUT2D eigenvalue weighted by molar-refractivity contribution is 7.80. The van der Waals surface area contributed by atoms with E-state index in [4.69, 9.17) is 4.55 Å². The van der Waals surface area contributed by atoms with Crippen LogP contribution in [0.1, 0.15) is 13.8 Å². The predicted molar refractivity (Wildman–Crippen MR) is 47.5 cm³/mol. The van der Waals surface area contributed by atoms with Crippen LogP contribution < -0.4 is 0 Å². The molecule has 0 unspecified atom stereocenters. The normalized spacial score (nSPS) is 13.4. The molecule has 0 heterocycles. The molecule has 86 valence electrons. The van der Waals surface area contributed by atoms with Crippen molar-refractivity contribution in [2.24, 2.45) is 5.41 Å². The van der Waals surface area contributed by atoms with Gasteiger partial charge in [0.25, 0.3) is 11.0 Å². The Hall–Kier alpha value is -0.220. The number of thiol groups is 1. The average molecular weight is 248 g/mol. The Morgan fingerprint density at radius 1 is 1.29 bits per heavy atom. The summed E-state index contributed by atoms with van der Waals surface area (Å²) in [4.78, 5) is 0. The zero-order chi connectivity index (χ0) is 11.4. The van der Waals surface area contributed by atoms with Crippen molar-refractivity contribution in [1.29, 1.82) is 0 Å². The Morgan fingerprint density at radius 2 is 1.79 bits per heavy atom. The minimum absolute atomic E-state index is 0.221. The molecule has 0 aromatic rings. The van der Waals surface area contributed by atoms with Crippen molar-refractivity contribution in [3.05, 3.63) is 0 Å². The van der Waals surface area contributed by atoms with E-state index >= 15 is 0 Å². The van der Waals surface area contributed by atoms with Crippen LogP contribution in [0, 0.1) is 5.41 Å². The molecule has 0 aliphatic heterocycles. The molecule has 0 aliphatic rings. The van der Waals surface area contributed by atoms with Crippen LogP contribution in [0.3, 0.4) is 0 Å². The number of rotatable bonds is 6. The Morgan fingerprint density at radius 3 is 2.14 bits per heavy atom. The summed E-state index contributed by atoms with van der Waals surface area (Å²) < 4.78 is 57.1. The van der Waals surface area contributed by atoms with Crippen molar-refractivity contribution in [2.75, 3.05) is 13.2 Å². The van der Waals surface area contributed by atoms with Crippen LogP contribution >= 0.6 is 0 Å². The third-order valence-electron chi connectivity index (χ3n) is 1.16. The van der Waals surface area contributed by atoms with Crippen molar-refractivity contribution >= 4 is 21.4 Å². The van der Waals surface area contributed by atoms with Gasteiger partial charge in [-0.2, -0.15) is 8.42 Å². The van der Waals surface area contributed by atoms with Gasteiger partial charge in [0, 0.05) is 5.41 Å². The Bertz CT molecular complexity index is 331. The van der Waals surface area contributed by atoms with Gasteiger partial charge in [0.15, 0.2) is 0 Å². The van der Waals surface area contributed by atoms with Crippen molar-refractivity contribution in [1.82, 2.24) is 0 Å². The number of hydrogen-bond acceptors (Lipinski definition) is 6. The molecule has 0 aromatic heterocycles. The molecule has 0 radical (unpaired) electrons. The van der Waals surface area contributed by atoms with Crippen molar-refractivity contribution < 1.29 is 29.8 Å². The SMILES string of the molecule is CC(C)(CO[SH](=O)=O)COS(=O)(=O)O. The molecule has 0 bridgehead atoms. The van der Waals surface area contributed by atoms with E-state index in [1.165, 1.54) is 13.8 Å². The largest absolute Gasteiger partial charge is 0.397 e. The minimum Gasteiger partial charge on any atom is -0.272 e. The summed E-state index contributed by atoms with van der Waals surface area (Å²) in [5, 5.41) is 0.